The van der Waals surface area contributed by atoms with Crippen molar-refractivity contribution in [3.8, 4) is 0 Å². The van der Waals surface area contributed by atoms with E-state index in [2.05, 4.69) is 37.4 Å². The third-order valence-corrected chi connectivity index (χ3v) is 5.71. The summed E-state index contributed by atoms with van der Waals surface area (Å²) in [6, 6.07) is 1.54. The third-order valence-electron chi connectivity index (χ3n) is 4.10. The van der Waals surface area contributed by atoms with Crippen LogP contribution in [0.3, 0.4) is 0 Å². The summed E-state index contributed by atoms with van der Waals surface area (Å²) in [5.74, 6) is 3.39. The molecule has 3 heteroatoms. The van der Waals surface area contributed by atoms with Crippen LogP contribution in [-0.4, -0.2) is 41.6 Å². The van der Waals surface area contributed by atoms with Crippen LogP contribution >= 0.6 is 11.8 Å². The lowest BCUT2D eigenvalue weighted by Gasteiger charge is -2.41. The third kappa shape index (κ3) is 2.74. The summed E-state index contributed by atoms with van der Waals surface area (Å²) < 4.78 is 0. The quantitative estimate of drug-likeness (QED) is 0.805. The molecule has 0 amide bonds. The number of hydrogen-bond acceptors (Lipinski definition) is 3. The Labute approximate surface area is 104 Å². The van der Waals surface area contributed by atoms with E-state index in [1.54, 1.807) is 0 Å². The van der Waals surface area contributed by atoms with Crippen LogP contribution in [0.1, 0.15) is 33.6 Å². The van der Waals surface area contributed by atoms with E-state index in [4.69, 9.17) is 5.73 Å². The summed E-state index contributed by atoms with van der Waals surface area (Å²) in [5, 5.41) is 0. The van der Waals surface area contributed by atoms with E-state index < -0.39 is 0 Å². The lowest BCUT2D eigenvalue weighted by molar-refractivity contribution is 0.152. The highest BCUT2D eigenvalue weighted by Crippen LogP contribution is 2.38. The fourth-order valence-electron chi connectivity index (χ4n) is 3.29. The van der Waals surface area contributed by atoms with E-state index >= 15 is 0 Å². The minimum atomic E-state index is 0.522. The fraction of sp³-hybridized carbons (Fsp3) is 1.00. The van der Waals surface area contributed by atoms with Crippen molar-refractivity contribution < 1.29 is 0 Å². The first kappa shape index (κ1) is 12.7. The van der Waals surface area contributed by atoms with Gasteiger partial charge < -0.3 is 5.73 Å². The Morgan fingerprint density at radius 1 is 1.44 bits per heavy atom. The first-order chi connectivity index (χ1) is 7.52. The minimum Gasteiger partial charge on any atom is -0.330 e. The first-order valence-corrected chi connectivity index (χ1v) is 7.71. The Bertz CT molecular complexity index is 242. The molecule has 3 atom stereocenters. The highest BCUT2D eigenvalue weighted by atomic mass is 32.2. The molecule has 0 radical (unpaired) electrons. The van der Waals surface area contributed by atoms with E-state index in [1.807, 2.05) is 0 Å². The van der Waals surface area contributed by atoms with Crippen molar-refractivity contribution in [2.24, 2.45) is 17.1 Å². The maximum absolute atomic E-state index is 5.81. The Balaban J connectivity index is 1.97. The van der Waals surface area contributed by atoms with Crippen molar-refractivity contribution in [1.82, 2.24) is 4.90 Å². The van der Waals surface area contributed by atoms with Crippen molar-refractivity contribution in [3.05, 3.63) is 0 Å². The summed E-state index contributed by atoms with van der Waals surface area (Å²) >= 11 is 2.13. The first-order valence-electron chi connectivity index (χ1n) is 6.55. The van der Waals surface area contributed by atoms with Gasteiger partial charge in [-0.15, -0.1) is 0 Å². The molecule has 0 aromatic heterocycles. The molecule has 16 heavy (non-hydrogen) atoms. The molecule has 0 bridgehead atoms. The number of hydrogen-bond donors (Lipinski definition) is 1. The smallest absolute Gasteiger partial charge is 0.0194 e. The lowest BCUT2D eigenvalue weighted by atomic mass is 9.87. The zero-order valence-corrected chi connectivity index (χ0v) is 11.7. The molecule has 2 aliphatic rings. The summed E-state index contributed by atoms with van der Waals surface area (Å²) in [4.78, 5) is 2.73. The summed E-state index contributed by atoms with van der Waals surface area (Å²) in [6.45, 7) is 9.30. The van der Waals surface area contributed by atoms with Gasteiger partial charge in [0.2, 0.25) is 0 Å². The van der Waals surface area contributed by atoms with Crippen LogP contribution in [0.5, 0.6) is 0 Å². The largest absolute Gasteiger partial charge is 0.330 e. The summed E-state index contributed by atoms with van der Waals surface area (Å²) in [6.07, 6.45) is 2.67. The highest BCUT2D eigenvalue weighted by Gasteiger charge is 2.37. The predicted octanol–water partition coefficient (Wildman–Crippen LogP) is 2.19. The van der Waals surface area contributed by atoms with Crippen molar-refractivity contribution in [3.63, 3.8) is 0 Å². The van der Waals surface area contributed by atoms with Gasteiger partial charge in [0.25, 0.3) is 0 Å². The topological polar surface area (TPSA) is 29.3 Å². The number of nitrogens with two attached hydrogens (primary N) is 1. The monoisotopic (exact) mass is 242 g/mol. The van der Waals surface area contributed by atoms with Gasteiger partial charge in [-0.25, -0.2) is 0 Å². The molecule has 2 aliphatic heterocycles. The molecule has 0 spiro atoms. The molecular weight excluding hydrogens is 216 g/mol. The van der Waals surface area contributed by atoms with Gasteiger partial charge in [0.15, 0.2) is 0 Å². The number of thioether (sulfide) groups is 1. The Morgan fingerprint density at radius 3 is 2.75 bits per heavy atom. The minimum absolute atomic E-state index is 0.522. The van der Waals surface area contributed by atoms with Crippen LogP contribution in [-0.2, 0) is 0 Å². The van der Waals surface area contributed by atoms with Crippen LogP contribution in [0.25, 0.3) is 0 Å². The molecular formula is C13H26N2S. The molecule has 2 fully saturated rings. The molecule has 3 unspecified atom stereocenters. The second-order valence-electron chi connectivity index (χ2n) is 6.42. The molecule has 94 valence electrons. The number of rotatable bonds is 2. The van der Waals surface area contributed by atoms with Gasteiger partial charge in [-0.05, 0) is 43.4 Å². The fourth-order valence-corrected chi connectivity index (χ4v) is 4.66. The standard InChI is InChI=1S/C13H26N2S/c1-10-4-11(6-14)7-15(10)12-5-13(2,3)9-16-8-12/h10-12H,4-9,14H2,1-3H3. The van der Waals surface area contributed by atoms with Crippen LogP contribution in [0, 0.1) is 11.3 Å². The molecule has 2 N–H and O–H groups in total. The second kappa shape index (κ2) is 4.87. The molecule has 0 saturated carbocycles. The van der Waals surface area contributed by atoms with E-state index in [0.29, 0.717) is 5.41 Å². The second-order valence-corrected chi connectivity index (χ2v) is 7.45. The SMILES string of the molecule is CC1CC(CN)CN1C1CSCC(C)(C)C1. The maximum atomic E-state index is 5.81. The number of likely N-dealkylation sites (tertiary alicyclic amines) is 1. The van der Waals surface area contributed by atoms with Gasteiger partial charge >= 0.3 is 0 Å². The molecule has 2 saturated heterocycles. The van der Waals surface area contributed by atoms with Gasteiger partial charge in [0, 0.05) is 24.4 Å². The highest BCUT2D eigenvalue weighted by molar-refractivity contribution is 7.99. The van der Waals surface area contributed by atoms with Crippen molar-refractivity contribution in [1.29, 1.82) is 0 Å². The van der Waals surface area contributed by atoms with Gasteiger partial charge in [-0.1, -0.05) is 13.8 Å². The Kier molecular flexibility index (Phi) is 3.87. The molecule has 2 rings (SSSR count). The van der Waals surface area contributed by atoms with Crippen molar-refractivity contribution >= 4 is 11.8 Å². The normalized spacial score (nSPS) is 40.1. The van der Waals surface area contributed by atoms with E-state index in [-0.39, 0.29) is 0 Å². The molecule has 2 heterocycles. The lowest BCUT2D eigenvalue weighted by Crippen LogP contribution is -2.45. The van der Waals surface area contributed by atoms with Gasteiger partial charge in [0.1, 0.15) is 0 Å². The molecule has 0 aliphatic carbocycles. The van der Waals surface area contributed by atoms with Crippen LogP contribution in [0.4, 0.5) is 0 Å². The zero-order valence-electron chi connectivity index (χ0n) is 10.9. The molecule has 0 aromatic carbocycles. The van der Waals surface area contributed by atoms with Crippen LogP contribution in [0.15, 0.2) is 0 Å². The average molecular weight is 242 g/mol. The van der Waals surface area contributed by atoms with Crippen molar-refractivity contribution in [2.45, 2.75) is 45.7 Å². The average Bonchev–Trinajstić information content (AvgIpc) is 2.58. The van der Waals surface area contributed by atoms with Crippen molar-refractivity contribution in [2.75, 3.05) is 24.6 Å². The Hall–Kier alpha value is 0.270. The van der Waals surface area contributed by atoms with Crippen LogP contribution < -0.4 is 5.73 Å². The number of nitrogens with zero attached hydrogens (tertiary/aromatic N) is 1. The van der Waals surface area contributed by atoms with Crippen LogP contribution in [0.2, 0.25) is 0 Å². The van der Waals surface area contributed by atoms with E-state index in [0.717, 1.165) is 24.5 Å². The maximum Gasteiger partial charge on any atom is 0.0194 e. The van der Waals surface area contributed by atoms with E-state index in [9.17, 15) is 0 Å². The van der Waals surface area contributed by atoms with Gasteiger partial charge in [0.05, 0.1) is 0 Å². The predicted molar refractivity (Wildman–Crippen MR) is 72.8 cm³/mol. The van der Waals surface area contributed by atoms with Gasteiger partial charge in [-0.2, -0.15) is 11.8 Å². The summed E-state index contributed by atoms with van der Waals surface area (Å²) in [7, 11) is 0. The Morgan fingerprint density at radius 2 is 2.19 bits per heavy atom. The van der Waals surface area contributed by atoms with E-state index in [1.165, 1.54) is 30.9 Å². The van der Waals surface area contributed by atoms with Gasteiger partial charge in [-0.3, -0.25) is 4.90 Å². The molecule has 0 aromatic rings. The summed E-state index contributed by atoms with van der Waals surface area (Å²) in [5.41, 5.74) is 6.33. The molecule has 2 nitrogen and oxygen atoms in total. The zero-order chi connectivity index (χ0) is 11.8.